The van der Waals surface area contributed by atoms with E-state index in [0.717, 1.165) is 46.9 Å². The number of nitrogens with zero attached hydrogens (tertiary/aromatic N) is 5. The van der Waals surface area contributed by atoms with E-state index in [-0.39, 0.29) is 0 Å². The average Bonchev–Trinajstić information content (AvgIpc) is 3.49. The largest absolute Gasteiger partial charge is 0.367 e. The lowest BCUT2D eigenvalue weighted by molar-refractivity contribution is 0.301. The summed E-state index contributed by atoms with van der Waals surface area (Å²) in [6.07, 6.45) is 7.44. The number of imidazole rings is 1. The summed E-state index contributed by atoms with van der Waals surface area (Å²) >= 11 is 0. The van der Waals surface area contributed by atoms with Gasteiger partial charge >= 0.3 is 0 Å². The van der Waals surface area contributed by atoms with Crippen LogP contribution in [0.1, 0.15) is 30.4 Å². The van der Waals surface area contributed by atoms with Gasteiger partial charge in [-0.25, -0.2) is 9.97 Å². The van der Waals surface area contributed by atoms with E-state index in [9.17, 15) is 5.26 Å². The number of benzene rings is 2. The second-order valence-electron chi connectivity index (χ2n) is 8.83. The first-order valence-corrected chi connectivity index (χ1v) is 11.5. The number of rotatable bonds is 6. The van der Waals surface area contributed by atoms with Crippen LogP contribution in [-0.2, 0) is 0 Å². The van der Waals surface area contributed by atoms with Gasteiger partial charge in [-0.15, -0.1) is 0 Å². The van der Waals surface area contributed by atoms with Crippen molar-refractivity contribution in [1.82, 2.24) is 19.3 Å². The Bertz CT molecular complexity index is 1300. The van der Waals surface area contributed by atoms with E-state index >= 15 is 0 Å². The smallest absolute Gasteiger partial charge is 0.180 e. The third kappa shape index (κ3) is 4.20. The van der Waals surface area contributed by atoms with Crippen LogP contribution in [0.3, 0.4) is 0 Å². The van der Waals surface area contributed by atoms with Gasteiger partial charge in [0.1, 0.15) is 0 Å². The molecule has 0 saturated carbocycles. The number of aromatic nitrogens is 3. The van der Waals surface area contributed by atoms with Crippen LogP contribution in [0.25, 0.3) is 28.2 Å². The van der Waals surface area contributed by atoms with E-state index in [1.807, 2.05) is 36.7 Å². The van der Waals surface area contributed by atoms with Gasteiger partial charge in [0.25, 0.3) is 0 Å². The van der Waals surface area contributed by atoms with Crippen LogP contribution in [-0.4, -0.2) is 45.4 Å². The molecule has 1 N–H and O–H groups in total. The predicted octanol–water partition coefficient (Wildman–Crippen LogP) is 5.14. The number of likely N-dealkylation sites (tertiary alicyclic amines) is 1. The monoisotopic (exact) mass is 436 g/mol. The van der Waals surface area contributed by atoms with Gasteiger partial charge in [-0.2, -0.15) is 5.26 Å². The second-order valence-corrected chi connectivity index (χ2v) is 8.83. The highest BCUT2D eigenvalue weighted by molar-refractivity contribution is 5.83. The molecule has 0 bridgehead atoms. The Morgan fingerprint density at radius 2 is 1.85 bits per heavy atom. The highest BCUT2D eigenvalue weighted by Crippen LogP contribution is 2.34. The fraction of sp³-hybridized carbons (Fsp3) is 0.296. The standard InChI is InChI=1S/C27H28N6/c1-19-5-9-22(10-6-19)25-24(21-11-7-20(18-28)8-12-21)31-26(27-30-15-17-33(25)27)29-14-13-23-4-3-16-32(23)2/h5-12,15,17,23H,3-4,13-14,16H2,1-2H3,(H,29,31). The van der Waals surface area contributed by atoms with Crippen molar-refractivity contribution in [3.8, 4) is 28.6 Å². The maximum Gasteiger partial charge on any atom is 0.180 e. The van der Waals surface area contributed by atoms with E-state index in [2.05, 4.69) is 63.9 Å². The molecule has 1 atom stereocenters. The summed E-state index contributed by atoms with van der Waals surface area (Å²) in [4.78, 5) is 12.2. The molecular weight excluding hydrogens is 408 g/mol. The topological polar surface area (TPSA) is 69.2 Å². The van der Waals surface area contributed by atoms with Gasteiger partial charge in [-0.1, -0.05) is 42.0 Å². The normalized spacial score (nSPS) is 16.2. The molecule has 1 aliphatic heterocycles. The number of anilines is 1. The lowest BCUT2D eigenvalue weighted by Crippen LogP contribution is -2.27. The molecule has 1 saturated heterocycles. The van der Waals surface area contributed by atoms with Crippen molar-refractivity contribution >= 4 is 11.5 Å². The minimum absolute atomic E-state index is 0.623. The third-order valence-corrected chi connectivity index (χ3v) is 6.60. The Balaban J connectivity index is 1.58. The molecule has 0 radical (unpaired) electrons. The summed E-state index contributed by atoms with van der Waals surface area (Å²) in [6.45, 7) is 4.12. The molecule has 3 heterocycles. The Labute approximate surface area is 194 Å². The van der Waals surface area contributed by atoms with Gasteiger partial charge < -0.3 is 10.2 Å². The Morgan fingerprint density at radius 1 is 1.09 bits per heavy atom. The summed E-state index contributed by atoms with van der Waals surface area (Å²) in [6, 6.07) is 18.9. The van der Waals surface area contributed by atoms with Crippen LogP contribution in [0.15, 0.2) is 60.9 Å². The molecule has 1 fully saturated rings. The van der Waals surface area contributed by atoms with Crippen LogP contribution in [0.4, 0.5) is 5.82 Å². The Kier molecular flexibility index (Phi) is 5.80. The van der Waals surface area contributed by atoms with Gasteiger partial charge in [0.15, 0.2) is 11.5 Å². The van der Waals surface area contributed by atoms with Crippen LogP contribution < -0.4 is 5.32 Å². The maximum atomic E-state index is 9.23. The highest BCUT2D eigenvalue weighted by atomic mass is 15.2. The van der Waals surface area contributed by atoms with Gasteiger partial charge in [-0.3, -0.25) is 4.40 Å². The molecule has 2 aromatic carbocycles. The predicted molar refractivity (Wildman–Crippen MR) is 132 cm³/mol. The number of fused-ring (bicyclic) bond motifs is 1. The van der Waals surface area contributed by atoms with Crippen LogP contribution >= 0.6 is 0 Å². The van der Waals surface area contributed by atoms with Crippen molar-refractivity contribution in [2.75, 3.05) is 25.5 Å². The summed E-state index contributed by atoms with van der Waals surface area (Å²) in [5.41, 5.74) is 6.58. The first-order chi connectivity index (χ1) is 16.1. The van der Waals surface area contributed by atoms with Crippen molar-refractivity contribution < 1.29 is 0 Å². The van der Waals surface area contributed by atoms with E-state index in [1.54, 1.807) is 0 Å². The number of nitrogens with one attached hydrogen (secondary N) is 1. The number of hydrogen-bond acceptors (Lipinski definition) is 5. The van der Waals surface area contributed by atoms with Crippen molar-refractivity contribution in [1.29, 1.82) is 5.26 Å². The summed E-state index contributed by atoms with van der Waals surface area (Å²) < 4.78 is 2.12. The average molecular weight is 437 g/mol. The fourth-order valence-electron chi connectivity index (χ4n) is 4.70. The number of nitriles is 1. The van der Waals surface area contributed by atoms with Crippen LogP contribution in [0, 0.1) is 18.3 Å². The fourth-order valence-corrected chi connectivity index (χ4v) is 4.70. The molecule has 4 aromatic rings. The Hall–Kier alpha value is -3.69. The van der Waals surface area contributed by atoms with E-state index in [4.69, 9.17) is 4.98 Å². The van der Waals surface area contributed by atoms with E-state index in [1.165, 1.54) is 24.9 Å². The van der Waals surface area contributed by atoms with E-state index < -0.39 is 0 Å². The lowest BCUT2D eigenvalue weighted by Gasteiger charge is -2.20. The van der Waals surface area contributed by atoms with Gasteiger partial charge in [0, 0.05) is 36.1 Å². The molecule has 0 amide bonds. The molecule has 0 spiro atoms. The van der Waals surface area contributed by atoms with Crippen molar-refractivity contribution in [2.24, 2.45) is 0 Å². The first kappa shape index (κ1) is 21.2. The van der Waals surface area contributed by atoms with Crippen LogP contribution in [0.5, 0.6) is 0 Å². The number of hydrogen-bond donors (Lipinski definition) is 1. The molecule has 1 aliphatic rings. The van der Waals surface area contributed by atoms with Gasteiger partial charge in [-0.05, 0) is 51.9 Å². The second kappa shape index (κ2) is 9.05. The number of aryl methyl sites for hydroxylation is 1. The highest BCUT2D eigenvalue weighted by Gasteiger charge is 2.21. The zero-order valence-electron chi connectivity index (χ0n) is 19.1. The van der Waals surface area contributed by atoms with Crippen molar-refractivity contribution in [2.45, 2.75) is 32.2 Å². The molecule has 33 heavy (non-hydrogen) atoms. The zero-order valence-corrected chi connectivity index (χ0v) is 19.1. The summed E-state index contributed by atoms with van der Waals surface area (Å²) in [5, 5.41) is 12.8. The summed E-state index contributed by atoms with van der Waals surface area (Å²) in [7, 11) is 2.21. The van der Waals surface area contributed by atoms with Crippen molar-refractivity contribution in [3.05, 3.63) is 72.1 Å². The Morgan fingerprint density at radius 3 is 2.55 bits per heavy atom. The lowest BCUT2D eigenvalue weighted by atomic mass is 10.0. The van der Waals surface area contributed by atoms with Crippen LogP contribution in [0.2, 0.25) is 0 Å². The molecule has 0 aliphatic carbocycles. The van der Waals surface area contributed by atoms with Gasteiger partial charge in [0.2, 0.25) is 0 Å². The quantitative estimate of drug-likeness (QED) is 0.453. The van der Waals surface area contributed by atoms with E-state index in [0.29, 0.717) is 11.6 Å². The molecule has 6 nitrogen and oxygen atoms in total. The molecule has 2 aromatic heterocycles. The maximum absolute atomic E-state index is 9.23. The molecule has 5 rings (SSSR count). The first-order valence-electron chi connectivity index (χ1n) is 11.5. The summed E-state index contributed by atoms with van der Waals surface area (Å²) in [5.74, 6) is 0.788. The van der Waals surface area contributed by atoms with Crippen molar-refractivity contribution in [3.63, 3.8) is 0 Å². The minimum atomic E-state index is 0.623. The van der Waals surface area contributed by atoms with Gasteiger partial charge in [0.05, 0.1) is 23.0 Å². The SMILES string of the molecule is Cc1ccc(-c2c(-c3ccc(C#N)cc3)nc(NCCC3CCCN3C)c3nccn23)cc1. The third-order valence-electron chi connectivity index (χ3n) is 6.60. The molecule has 166 valence electrons. The molecular formula is C27H28N6. The minimum Gasteiger partial charge on any atom is -0.367 e. The zero-order chi connectivity index (χ0) is 22.8. The molecule has 1 unspecified atom stereocenters. The molecule has 6 heteroatoms.